The van der Waals surface area contributed by atoms with Gasteiger partial charge in [0.15, 0.2) is 5.78 Å². The van der Waals surface area contributed by atoms with Crippen LogP contribution in [0.2, 0.25) is 0 Å². The van der Waals surface area contributed by atoms with Crippen molar-refractivity contribution in [2.45, 2.75) is 39.5 Å². The number of rotatable bonds is 0. The zero-order chi connectivity index (χ0) is 11.3. The highest BCUT2D eigenvalue weighted by Gasteiger charge is 2.35. The number of hydrogen-bond donors (Lipinski definition) is 0. The fourth-order valence-corrected chi connectivity index (χ4v) is 2.98. The van der Waals surface area contributed by atoms with Crippen molar-refractivity contribution >= 4 is 5.78 Å². The second-order valence-electron chi connectivity index (χ2n) is 5.80. The molecule has 1 heterocycles. The average Bonchev–Trinajstić information content (AvgIpc) is 2.69. The molecule has 0 radical (unpaired) electrons. The molecule has 0 aromatic carbocycles. The summed E-state index contributed by atoms with van der Waals surface area (Å²) in [6, 6.07) is 0. The van der Waals surface area contributed by atoms with E-state index in [1.54, 1.807) is 12.5 Å². The molecule has 1 aromatic rings. The molecular weight excluding hydrogens is 200 g/mol. The predicted octanol–water partition coefficient (Wildman–Crippen LogP) is 3.06. The molecule has 3 rings (SSSR count). The summed E-state index contributed by atoms with van der Waals surface area (Å²) < 4.78 is 5.20. The lowest BCUT2D eigenvalue weighted by Gasteiger charge is -2.17. The minimum absolute atomic E-state index is 0.265. The molecule has 2 aliphatic rings. The fourth-order valence-electron chi connectivity index (χ4n) is 2.98. The van der Waals surface area contributed by atoms with Crippen molar-refractivity contribution in [1.29, 1.82) is 0 Å². The third-order valence-corrected chi connectivity index (χ3v) is 3.70. The highest BCUT2D eigenvalue weighted by Crippen LogP contribution is 2.44. The molecule has 0 spiro atoms. The first-order chi connectivity index (χ1) is 7.55. The maximum absolute atomic E-state index is 12.1. The second-order valence-corrected chi connectivity index (χ2v) is 5.80. The van der Waals surface area contributed by atoms with Gasteiger partial charge in [0.25, 0.3) is 0 Å². The van der Waals surface area contributed by atoms with Crippen molar-refractivity contribution in [3.8, 4) is 0 Å². The third kappa shape index (κ3) is 1.44. The number of fused-ring (bicyclic) bond motifs is 1. The Labute approximate surface area is 95.3 Å². The molecule has 0 saturated carbocycles. The van der Waals surface area contributed by atoms with Crippen LogP contribution in [0, 0.1) is 5.41 Å². The first-order valence-corrected chi connectivity index (χ1v) is 5.83. The molecule has 0 aliphatic heterocycles. The van der Waals surface area contributed by atoms with Crippen molar-refractivity contribution in [1.82, 2.24) is 0 Å². The summed E-state index contributed by atoms with van der Waals surface area (Å²) in [5, 5.41) is 0. The van der Waals surface area contributed by atoms with Crippen LogP contribution in [0.4, 0.5) is 0 Å². The van der Waals surface area contributed by atoms with E-state index in [0.717, 1.165) is 30.4 Å². The number of carbonyl (C=O) groups excluding carboxylic acids is 1. The highest BCUT2D eigenvalue weighted by molar-refractivity contribution is 5.99. The molecule has 0 amide bonds. The predicted molar refractivity (Wildman–Crippen MR) is 61.2 cm³/mol. The van der Waals surface area contributed by atoms with Gasteiger partial charge in [0.05, 0.1) is 12.5 Å². The molecule has 0 unspecified atom stereocenters. The van der Waals surface area contributed by atoms with E-state index in [4.69, 9.17) is 4.42 Å². The molecule has 2 nitrogen and oxygen atoms in total. The summed E-state index contributed by atoms with van der Waals surface area (Å²) in [7, 11) is 0. The normalized spacial score (nSPS) is 23.0. The van der Waals surface area contributed by atoms with Gasteiger partial charge in [-0.15, -0.1) is 0 Å². The second kappa shape index (κ2) is 3.09. The van der Waals surface area contributed by atoms with Gasteiger partial charge >= 0.3 is 0 Å². The van der Waals surface area contributed by atoms with E-state index in [0.29, 0.717) is 12.2 Å². The van der Waals surface area contributed by atoms with Gasteiger partial charge in [0, 0.05) is 12.0 Å². The number of ketones is 1. The molecule has 0 bridgehead atoms. The van der Waals surface area contributed by atoms with E-state index >= 15 is 0 Å². The van der Waals surface area contributed by atoms with E-state index in [1.165, 1.54) is 11.1 Å². The maximum Gasteiger partial charge on any atom is 0.163 e. The molecule has 2 aliphatic carbocycles. The van der Waals surface area contributed by atoms with E-state index in [9.17, 15) is 4.79 Å². The van der Waals surface area contributed by atoms with Crippen LogP contribution in [-0.4, -0.2) is 5.78 Å². The summed E-state index contributed by atoms with van der Waals surface area (Å²) in [5.41, 5.74) is 4.99. The third-order valence-electron chi connectivity index (χ3n) is 3.70. The molecule has 84 valence electrons. The van der Waals surface area contributed by atoms with E-state index in [1.807, 2.05) is 0 Å². The monoisotopic (exact) mass is 216 g/mol. The van der Waals surface area contributed by atoms with Crippen LogP contribution in [0.3, 0.4) is 0 Å². The number of hydrogen-bond acceptors (Lipinski definition) is 2. The van der Waals surface area contributed by atoms with Crippen LogP contribution < -0.4 is 0 Å². The highest BCUT2D eigenvalue weighted by atomic mass is 16.3. The van der Waals surface area contributed by atoms with Gasteiger partial charge in [-0.25, -0.2) is 0 Å². The fraction of sp³-hybridized carbons (Fsp3) is 0.500. The van der Waals surface area contributed by atoms with Gasteiger partial charge in [0.2, 0.25) is 0 Å². The number of Topliss-reactive ketones (excluding diaryl/α,β-unsaturated/α-hetero) is 1. The summed E-state index contributed by atoms with van der Waals surface area (Å²) in [6.45, 7) is 4.48. The smallest absolute Gasteiger partial charge is 0.163 e. The summed E-state index contributed by atoms with van der Waals surface area (Å²) >= 11 is 0. The van der Waals surface area contributed by atoms with Gasteiger partial charge in [-0.05, 0) is 35.8 Å². The Kier molecular flexibility index (Phi) is 1.91. The molecule has 1 aromatic heterocycles. The Balaban J connectivity index is 2.02. The van der Waals surface area contributed by atoms with Gasteiger partial charge in [-0.1, -0.05) is 19.4 Å². The van der Waals surface area contributed by atoms with Crippen molar-refractivity contribution < 1.29 is 9.21 Å². The van der Waals surface area contributed by atoms with Crippen LogP contribution in [0.15, 0.2) is 28.1 Å². The number of allylic oxidation sites excluding steroid dienone is 2. The van der Waals surface area contributed by atoms with E-state index in [-0.39, 0.29) is 5.41 Å². The topological polar surface area (TPSA) is 30.2 Å². The Morgan fingerprint density at radius 3 is 2.56 bits per heavy atom. The van der Waals surface area contributed by atoms with Crippen LogP contribution in [0.25, 0.3) is 0 Å². The van der Waals surface area contributed by atoms with Crippen LogP contribution >= 0.6 is 0 Å². The van der Waals surface area contributed by atoms with Gasteiger partial charge in [0.1, 0.15) is 0 Å². The molecule has 0 saturated heterocycles. The molecule has 0 N–H and O–H groups in total. The zero-order valence-corrected chi connectivity index (χ0v) is 9.80. The Bertz CT molecular complexity index is 489. The largest absolute Gasteiger partial charge is 0.472 e. The number of carbonyl (C=O) groups is 1. The van der Waals surface area contributed by atoms with Crippen molar-refractivity contribution in [2.75, 3.05) is 0 Å². The molecular formula is C14H16O2. The SMILES string of the molecule is CC1(C)CC2=C(C1)C(=O)Cc1cocc1C2. The summed E-state index contributed by atoms with van der Waals surface area (Å²) in [6.07, 6.45) is 6.96. The van der Waals surface area contributed by atoms with Crippen LogP contribution in [0.5, 0.6) is 0 Å². The molecule has 0 fully saturated rings. The van der Waals surface area contributed by atoms with Gasteiger partial charge in [-0.3, -0.25) is 4.79 Å². The molecule has 2 heteroatoms. The summed E-state index contributed by atoms with van der Waals surface area (Å²) in [5.74, 6) is 0.306. The molecule has 0 atom stereocenters. The first kappa shape index (κ1) is 9.88. The van der Waals surface area contributed by atoms with Crippen LogP contribution in [-0.2, 0) is 17.6 Å². The van der Waals surface area contributed by atoms with E-state index in [2.05, 4.69) is 13.8 Å². The van der Waals surface area contributed by atoms with Gasteiger partial charge < -0.3 is 4.42 Å². The molecule has 16 heavy (non-hydrogen) atoms. The zero-order valence-electron chi connectivity index (χ0n) is 9.80. The van der Waals surface area contributed by atoms with Gasteiger partial charge in [-0.2, -0.15) is 0 Å². The minimum atomic E-state index is 0.265. The Morgan fingerprint density at radius 1 is 1.12 bits per heavy atom. The average molecular weight is 216 g/mol. The summed E-state index contributed by atoms with van der Waals surface area (Å²) in [4.78, 5) is 12.1. The standard InChI is InChI=1S/C14H16O2/c1-14(2)5-9-3-10-7-16-8-11(10)4-13(15)12(9)6-14/h7-8H,3-6H2,1-2H3. The van der Waals surface area contributed by atoms with Crippen molar-refractivity contribution in [3.63, 3.8) is 0 Å². The lowest BCUT2D eigenvalue weighted by Crippen LogP contribution is -2.10. The Morgan fingerprint density at radius 2 is 1.81 bits per heavy atom. The lowest BCUT2D eigenvalue weighted by atomic mass is 9.87. The van der Waals surface area contributed by atoms with Crippen molar-refractivity contribution in [2.24, 2.45) is 5.41 Å². The van der Waals surface area contributed by atoms with E-state index < -0.39 is 0 Å². The van der Waals surface area contributed by atoms with Crippen molar-refractivity contribution in [3.05, 3.63) is 34.8 Å². The lowest BCUT2D eigenvalue weighted by molar-refractivity contribution is -0.115. The quantitative estimate of drug-likeness (QED) is 0.667. The first-order valence-electron chi connectivity index (χ1n) is 5.83. The number of furan rings is 1. The Hall–Kier alpha value is -1.31. The maximum atomic E-state index is 12.1. The minimum Gasteiger partial charge on any atom is -0.472 e. The van der Waals surface area contributed by atoms with Crippen LogP contribution in [0.1, 0.15) is 37.8 Å².